The standard InChI is InChI=1S/C12H13ClN4O2S/c1-17-7-14-16-12(17)20-10-4-3-8(13)5-9(10)15-11(18)6-19-2/h3-5,7H,6H2,1-2H3,(H,15,18). The number of methoxy groups -OCH3 is 1. The Morgan fingerprint density at radius 3 is 3.00 bits per heavy atom. The summed E-state index contributed by atoms with van der Waals surface area (Å²) < 4.78 is 6.58. The van der Waals surface area contributed by atoms with Gasteiger partial charge in [0.2, 0.25) is 5.91 Å². The average Bonchev–Trinajstić information content (AvgIpc) is 2.78. The minimum atomic E-state index is -0.241. The third-order valence-electron chi connectivity index (χ3n) is 2.36. The van der Waals surface area contributed by atoms with Crippen LogP contribution < -0.4 is 5.32 Å². The molecule has 0 saturated carbocycles. The molecule has 0 bridgehead atoms. The Morgan fingerprint density at radius 2 is 2.35 bits per heavy atom. The first-order valence-corrected chi connectivity index (χ1v) is 6.90. The molecule has 0 radical (unpaired) electrons. The van der Waals surface area contributed by atoms with Crippen LogP contribution in [0.1, 0.15) is 0 Å². The molecule has 2 aromatic rings. The fraction of sp³-hybridized carbons (Fsp3) is 0.250. The van der Waals surface area contributed by atoms with Crippen LogP contribution in [-0.2, 0) is 16.6 Å². The number of ether oxygens (including phenoxy) is 1. The molecule has 0 unspecified atom stereocenters. The number of carbonyl (C=O) groups excluding carboxylic acids is 1. The van der Waals surface area contributed by atoms with Crippen LogP contribution in [0.15, 0.2) is 34.6 Å². The molecule has 6 nitrogen and oxygen atoms in total. The number of rotatable bonds is 5. The molecular weight excluding hydrogens is 300 g/mol. The highest BCUT2D eigenvalue weighted by molar-refractivity contribution is 7.99. The topological polar surface area (TPSA) is 69.0 Å². The van der Waals surface area contributed by atoms with Gasteiger partial charge in [0.1, 0.15) is 12.9 Å². The highest BCUT2D eigenvalue weighted by Crippen LogP contribution is 2.33. The Morgan fingerprint density at radius 1 is 1.55 bits per heavy atom. The van der Waals surface area contributed by atoms with E-state index in [2.05, 4.69) is 15.5 Å². The molecule has 1 heterocycles. The molecule has 8 heteroatoms. The van der Waals surface area contributed by atoms with E-state index in [0.717, 1.165) is 10.1 Å². The molecule has 0 aliphatic carbocycles. The number of anilines is 1. The molecule has 0 aliphatic rings. The number of nitrogens with zero attached hydrogens (tertiary/aromatic N) is 3. The van der Waals surface area contributed by atoms with Crippen LogP contribution in [-0.4, -0.2) is 34.4 Å². The molecule has 0 atom stereocenters. The zero-order valence-electron chi connectivity index (χ0n) is 11.0. The summed E-state index contributed by atoms with van der Waals surface area (Å²) in [7, 11) is 3.31. The summed E-state index contributed by atoms with van der Waals surface area (Å²) in [6.07, 6.45) is 1.61. The smallest absolute Gasteiger partial charge is 0.250 e. The van der Waals surface area contributed by atoms with Crippen molar-refractivity contribution in [2.24, 2.45) is 7.05 Å². The average molecular weight is 313 g/mol. The van der Waals surface area contributed by atoms with Crippen molar-refractivity contribution in [1.82, 2.24) is 14.8 Å². The molecule has 0 aliphatic heterocycles. The second kappa shape index (κ2) is 6.74. The number of hydrogen-bond acceptors (Lipinski definition) is 5. The summed E-state index contributed by atoms with van der Waals surface area (Å²) in [5.74, 6) is -0.241. The lowest BCUT2D eigenvalue weighted by atomic mass is 10.3. The predicted octanol–water partition coefficient (Wildman–Crippen LogP) is 2.20. The van der Waals surface area contributed by atoms with Crippen molar-refractivity contribution in [3.63, 3.8) is 0 Å². The number of halogens is 1. The molecular formula is C12H13ClN4O2S. The number of amides is 1. The largest absolute Gasteiger partial charge is 0.375 e. The van der Waals surface area contributed by atoms with Crippen LogP contribution in [0.2, 0.25) is 5.02 Å². The van der Waals surface area contributed by atoms with Crippen LogP contribution >= 0.6 is 23.4 Å². The Kier molecular flexibility index (Phi) is 4.99. The van der Waals surface area contributed by atoms with Crippen LogP contribution in [0.3, 0.4) is 0 Å². The number of carbonyl (C=O) groups is 1. The van der Waals surface area contributed by atoms with Crippen molar-refractivity contribution in [3.8, 4) is 0 Å². The van der Waals surface area contributed by atoms with Gasteiger partial charge in [-0.05, 0) is 30.0 Å². The minimum absolute atomic E-state index is 0.0133. The molecule has 1 amide bonds. The van der Waals surface area contributed by atoms with Gasteiger partial charge in [-0.2, -0.15) is 0 Å². The molecule has 106 valence electrons. The van der Waals surface area contributed by atoms with Crippen molar-refractivity contribution < 1.29 is 9.53 Å². The highest BCUT2D eigenvalue weighted by Gasteiger charge is 2.11. The normalized spacial score (nSPS) is 10.6. The molecule has 20 heavy (non-hydrogen) atoms. The van der Waals surface area contributed by atoms with E-state index in [1.807, 2.05) is 13.1 Å². The van der Waals surface area contributed by atoms with E-state index in [4.69, 9.17) is 16.3 Å². The van der Waals surface area contributed by atoms with E-state index in [-0.39, 0.29) is 12.5 Å². The maximum absolute atomic E-state index is 11.6. The lowest BCUT2D eigenvalue weighted by molar-refractivity contribution is -0.119. The van der Waals surface area contributed by atoms with Crippen LogP contribution in [0.4, 0.5) is 5.69 Å². The molecule has 1 N–H and O–H groups in total. The Bertz CT molecular complexity index is 617. The van der Waals surface area contributed by atoms with Gasteiger partial charge in [0, 0.05) is 24.1 Å². The zero-order valence-corrected chi connectivity index (χ0v) is 12.5. The second-order valence-corrected chi connectivity index (χ2v) is 5.39. The molecule has 1 aromatic heterocycles. The Labute approximate surface area is 125 Å². The lowest BCUT2D eigenvalue weighted by Crippen LogP contribution is -2.17. The van der Waals surface area contributed by atoms with Gasteiger partial charge in [0.25, 0.3) is 0 Å². The summed E-state index contributed by atoms with van der Waals surface area (Å²) in [5, 5.41) is 11.8. The summed E-state index contributed by atoms with van der Waals surface area (Å²) in [4.78, 5) is 12.5. The van der Waals surface area contributed by atoms with E-state index < -0.39 is 0 Å². The first-order chi connectivity index (χ1) is 9.60. The highest BCUT2D eigenvalue weighted by atomic mass is 35.5. The summed E-state index contributed by atoms with van der Waals surface area (Å²) in [5.41, 5.74) is 0.618. The van der Waals surface area contributed by atoms with Gasteiger partial charge in [0.05, 0.1) is 5.69 Å². The number of aromatic nitrogens is 3. The fourth-order valence-electron chi connectivity index (χ4n) is 1.47. The van der Waals surface area contributed by atoms with E-state index in [1.54, 1.807) is 23.0 Å². The van der Waals surface area contributed by atoms with E-state index in [0.29, 0.717) is 10.7 Å². The number of benzene rings is 1. The quantitative estimate of drug-likeness (QED) is 0.916. The number of hydrogen-bond donors (Lipinski definition) is 1. The van der Waals surface area contributed by atoms with Crippen LogP contribution in [0.25, 0.3) is 0 Å². The van der Waals surface area contributed by atoms with Crippen LogP contribution in [0.5, 0.6) is 0 Å². The fourth-order valence-corrected chi connectivity index (χ4v) is 2.47. The number of aryl methyl sites for hydroxylation is 1. The Balaban J connectivity index is 2.23. The van der Waals surface area contributed by atoms with Crippen LogP contribution in [0, 0.1) is 0 Å². The predicted molar refractivity (Wildman–Crippen MR) is 77.1 cm³/mol. The molecule has 0 fully saturated rings. The van der Waals surface area contributed by atoms with E-state index >= 15 is 0 Å². The van der Waals surface area contributed by atoms with Gasteiger partial charge < -0.3 is 14.6 Å². The SMILES string of the molecule is COCC(=O)Nc1cc(Cl)ccc1Sc1nncn1C. The van der Waals surface area contributed by atoms with Gasteiger partial charge in [0.15, 0.2) is 5.16 Å². The van der Waals surface area contributed by atoms with Crippen molar-refractivity contribution in [2.75, 3.05) is 19.0 Å². The third kappa shape index (κ3) is 3.72. The van der Waals surface area contributed by atoms with Crippen molar-refractivity contribution in [1.29, 1.82) is 0 Å². The van der Waals surface area contributed by atoms with Crippen molar-refractivity contribution in [2.45, 2.75) is 10.1 Å². The van der Waals surface area contributed by atoms with Gasteiger partial charge in [-0.15, -0.1) is 10.2 Å². The monoisotopic (exact) mass is 312 g/mol. The molecule has 2 rings (SSSR count). The van der Waals surface area contributed by atoms with Crippen molar-refractivity contribution >= 4 is 35.0 Å². The van der Waals surface area contributed by atoms with E-state index in [9.17, 15) is 4.79 Å². The van der Waals surface area contributed by atoms with Gasteiger partial charge in [-0.1, -0.05) is 11.6 Å². The zero-order chi connectivity index (χ0) is 14.5. The maximum atomic E-state index is 11.6. The van der Waals surface area contributed by atoms with E-state index in [1.165, 1.54) is 18.9 Å². The Hall–Kier alpha value is -1.57. The van der Waals surface area contributed by atoms with Gasteiger partial charge in [-0.25, -0.2) is 0 Å². The second-order valence-electron chi connectivity index (χ2n) is 3.95. The first-order valence-electron chi connectivity index (χ1n) is 5.70. The van der Waals surface area contributed by atoms with Gasteiger partial charge >= 0.3 is 0 Å². The summed E-state index contributed by atoms with van der Waals surface area (Å²) in [6, 6.07) is 5.27. The first kappa shape index (κ1) is 14.8. The third-order valence-corrected chi connectivity index (χ3v) is 3.73. The van der Waals surface area contributed by atoms with Crippen molar-refractivity contribution in [3.05, 3.63) is 29.5 Å². The summed E-state index contributed by atoms with van der Waals surface area (Å²) in [6.45, 7) is -0.0133. The lowest BCUT2D eigenvalue weighted by Gasteiger charge is -2.10. The maximum Gasteiger partial charge on any atom is 0.250 e. The molecule has 0 saturated heterocycles. The van der Waals surface area contributed by atoms with Gasteiger partial charge in [-0.3, -0.25) is 4.79 Å². The number of nitrogens with one attached hydrogen (secondary N) is 1. The summed E-state index contributed by atoms with van der Waals surface area (Å²) >= 11 is 7.36. The molecule has 1 aromatic carbocycles. The molecule has 0 spiro atoms. The minimum Gasteiger partial charge on any atom is -0.375 e.